The van der Waals surface area contributed by atoms with Crippen molar-refractivity contribution in [2.45, 2.75) is 26.3 Å². The Kier molecular flexibility index (Phi) is 7.84. The fourth-order valence-electron chi connectivity index (χ4n) is 0.678. The van der Waals surface area contributed by atoms with Gasteiger partial charge in [-0.1, -0.05) is 13.8 Å². The zero-order valence-corrected chi connectivity index (χ0v) is 7.40. The zero-order valence-electron chi connectivity index (χ0n) is 7.40. The highest BCUT2D eigenvalue weighted by atomic mass is 19.1. The van der Waals surface area contributed by atoms with Crippen molar-refractivity contribution in [1.82, 2.24) is 5.32 Å². The molecule has 0 heterocycles. The summed E-state index contributed by atoms with van der Waals surface area (Å²) in [7, 11) is 0. The number of ether oxygens (including phenoxy) is 1. The van der Waals surface area contributed by atoms with Crippen LogP contribution in [-0.4, -0.2) is 32.5 Å². The number of hydrogen-bond acceptors (Lipinski definition) is 2. The van der Waals surface area contributed by atoms with E-state index >= 15 is 0 Å². The van der Waals surface area contributed by atoms with Crippen molar-refractivity contribution in [2.75, 3.05) is 26.4 Å². The molecule has 1 N–H and O–H groups in total. The predicted octanol–water partition coefficient (Wildman–Crippen LogP) is 1.36. The van der Waals surface area contributed by atoms with Crippen molar-refractivity contribution < 1.29 is 9.13 Å². The molecule has 2 nitrogen and oxygen atoms in total. The first-order valence-electron chi connectivity index (χ1n) is 4.14. The molecule has 0 aliphatic heterocycles. The molecule has 0 unspecified atom stereocenters. The Morgan fingerprint density at radius 1 is 1.36 bits per heavy atom. The Morgan fingerprint density at radius 3 is 2.64 bits per heavy atom. The Labute approximate surface area is 68.1 Å². The van der Waals surface area contributed by atoms with Crippen molar-refractivity contribution in [2.24, 2.45) is 0 Å². The Morgan fingerprint density at radius 2 is 2.09 bits per heavy atom. The Balaban J connectivity index is 2.80. The number of nitrogens with one attached hydrogen (secondary N) is 1. The largest absolute Gasteiger partial charge is 0.380 e. The van der Waals surface area contributed by atoms with Crippen LogP contribution in [-0.2, 0) is 4.74 Å². The molecule has 0 spiro atoms. The van der Waals surface area contributed by atoms with E-state index in [0.29, 0.717) is 25.7 Å². The second kappa shape index (κ2) is 7.95. The van der Waals surface area contributed by atoms with E-state index in [0.717, 1.165) is 6.54 Å². The van der Waals surface area contributed by atoms with Crippen LogP contribution in [0.2, 0.25) is 0 Å². The van der Waals surface area contributed by atoms with E-state index in [1.54, 1.807) is 0 Å². The molecule has 0 rings (SSSR count). The Hall–Kier alpha value is -0.150. The first-order chi connectivity index (χ1) is 5.27. The highest BCUT2D eigenvalue weighted by Gasteiger charge is 1.91. The second-order valence-electron chi connectivity index (χ2n) is 2.76. The lowest BCUT2D eigenvalue weighted by Crippen LogP contribution is -2.26. The van der Waals surface area contributed by atoms with Crippen LogP contribution in [0.3, 0.4) is 0 Å². The third-order valence-corrected chi connectivity index (χ3v) is 1.22. The topological polar surface area (TPSA) is 21.3 Å². The lowest BCUT2D eigenvalue weighted by molar-refractivity contribution is 0.127. The summed E-state index contributed by atoms with van der Waals surface area (Å²) in [6.45, 7) is 5.96. The van der Waals surface area contributed by atoms with E-state index in [9.17, 15) is 4.39 Å². The van der Waals surface area contributed by atoms with Crippen LogP contribution < -0.4 is 5.32 Å². The van der Waals surface area contributed by atoms with Gasteiger partial charge in [0.15, 0.2) is 0 Å². The third kappa shape index (κ3) is 9.85. The van der Waals surface area contributed by atoms with Gasteiger partial charge in [0.25, 0.3) is 0 Å². The second-order valence-corrected chi connectivity index (χ2v) is 2.76. The van der Waals surface area contributed by atoms with Crippen molar-refractivity contribution in [1.29, 1.82) is 0 Å². The van der Waals surface area contributed by atoms with E-state index in [1.165, 1.54) is 0 Å². The first-order valence-corrected chi connectivity index (χ1v) is 4.14. The lowest BCUT2D eigenvalue weighted by atomic mass is 10.4. The van der Waals surface area contributed by atoms with Crippen molar-refractivity contribution >= 4 is 0 Å². The average molecular weight is 163 g/mol. The van der Waals surface area contributed by atoms with Gasteiger partial charge in [0, 0.05) is 19.2 Å². The molecule has 0 aliphatic carbocycles. The summed E-state index contributed by atoms with van der Waals surface area (Å²) in [5.74, 6) is 0. The van der Waals surface area contributed by atoms with Crippen LogP contribution in [0.1, 0.15) is 20.3 Å². The molecule has 0 radical (unpaired) electrons. The molecule has 0 atom stereocenters. The van der Waals surface area contributed by atoms with Crippen LogP contribution in [0, 0.1) is 0 Å². The molecule has 0 bridgehead atoms. The van der Waals surface area contributed by atoms with Crippen LogP contribution in [0.5, 0.6) is 0 Å². The van der Waals surface area contributed by atoms with Gasteiger partial charge in [0.2, 0.25) is 0 Å². The van der Waals surface area contributed by atoms with Gasteiger partial charge in [-0.25, -0.2) is 0 Å². The van der Waals surface area contributed by atoms with Gasteiger partial charge in [0.1, 0.15) is 0 Å². The van der Waals surface area contributed by atoms with E-state index in [-0.39, 0.29) is 6.67 Å². The molecular formula is C8H18FNO. The SMILES string of the molecule is CC(C)NCCOCCCF. The quantitative estimate of drug-likeness (QED) is 0.572. The minimum Gasteiger partial charge on any atom is -0.380 e. The van der Waals surface area contributed by atoms with Gasteiger partial charge >= 0.3 is 0 Å². The highest BCUT2D eigenvalue weighted by Crippen LogP contribution is 1.83. The van der Waals surface area contributed by atoms with Gasteiger partial charge in [-0.3, -0.25) is 4.39 Å². The van der Waals surface area contributed by atoms with Crippen LogP contribution in [0.25, 0.3) is 0 Å². The minimum atomic E-state index is -0.280. The van der Waals surface area contributed by atoms with Gasteiger partial charge in [-0.2, -0.15) is 0 Å². The van der Waals surface area contributed by atoms with E-state index in [2.05, 4.69) is 19.2 Å². The van der Waals surface area contributed by atoms with Crippen LogP contribution in [0.15, 0.2) is 0 Å². The molecule has 0 aliphatic rings. The molecule has 0 aromatic rings. The molecule has 0 saturated carbocycles. The summed E-state index contributed by atoms with van der Waals surface area (Å²) in [4.78, 5) is 0. The number of alkyl halides is 1. The van der Waals surface area contributed by atoms with E-state index < -0.39 is 0 Å². The fourth-order valence-corrected chi connectivity index (χ4v) is 0.678. The van der Waals surface area contributed by atoms with E-state index in [1.807, 2.05) is 0 Å². The average Bonchev–Trinajstić information content (AvgIpc) is 1.96. The number of hydrogen-bond donors (Lipinski definition) is 1. The lowest BCUT2D eigenvalue weighted by Gasteiger charge is -2.07. The maximum atomic E-state index is 11.5. The van der Waals surface area contributed by atoms with Crippen molar-refractivity contribution in [3.63, 3.8) is 0 Å². The predicted molar refractivity (Wildman–Crippen MR) is 44.5 cm³/mol. The Bertz CT molecular complexity index is 78.5. The van der Waals surface area contributed by atoms with Gasteiger partial charge in [-0.15, -0.1) is 0 Å². The standard InChI is InChI=1S/C8H18FNO/c1-8(2)10-5-7-11-6-3-4-9/h8,10H,3-7H2,1-2H3. The van der Waals surface area contributed by atoms with Crippen molar-refractivity contribution in [3.05, 3.63) is 0 Å². The summed E-state index contributed by atoms with van der Waals surface area (Å²) in [6.07, 6.45) is 0.516. The highest BCUT2D eigenvalue weighted by molar-refractivity contribution is 4.50. The normalized spacial score (nSPS) is 10.9. The molecule has 11 heavy (non-hydrogen) atoms. The van der Waals surface area contributed by atoms with E-state index in [4.69, 9.17) is 4.74 Å². The van der Waals surface area contributed by atoms with Gasteiger partial charge < -0.3 is 10.1 Å². The minimum absolute atomic E-state index is 0.280. The summed E-state index contributed by atoms with van der Waals surface area (Å²) >= 11 is 0. The third-order valence-electron chi connectivity index (χ3n) is 1.22. The molecule has 0 aromatic carbocycles. The molecule has 0 saturated heterocycles. The van der Waals surface area contributed by atoms with Crippen LogP contribution in [0.4, 0.5) is 4.39 Å². The summed E-state index contributed by atoms with van der Waals surface area (Å²) in [6, 6.07) is 0.500. The first kappa shape index (κ1) is 10.8. The summed E-state index contributed by atoms with van der Waals surface area (Å²) < 4.78 is 16.7. The van der Waals surface area contributed by atoms with Gasteiger partial charge in [-0.05, 0) is 6.42 Å². The fraction of sp³-hybridized carbons (Fsp3) is 1.00. The van der Waals surface area contributed by atoms with Gasteiger partial charge in [0.05, 0.1) is 13.3 Å². The maximum Gasteiger partial charge on any atom is 0.0916 e. The monoisotopic (exact) mass is 163 g/mol. The molecule has 0 fully saturated rings. The molecule has 3 heteroatoms. The smallest absolute Gasteiger partial charge is 0.0916 e. The number of halogens is 1. The summed E-state index contributed by atoms with van der Waals surface area (Å²) in [5.41, 5.74) is 0. The van der Waals surface area contributed by atoms with Crippen molar-refractivity contribution in [3.8, 4) is 0 Å². The number of rotatable bonds is 7. The molecule has 0 aromatic heterocycles. The maximum absolute atomic E-state index is 11.5. The summed E-state index contributed by atoms with van der Waals surface area (Å²) in [5, 5.41) is 3.20. The molecule has 68 valence electrons. The molecule has 0 amide bonds. The molecular weight excluding hydrogens is 145 g/mol. The zero-order chi connectivity index (χ0) is 8.53. The van der Waals surface area contributed by atoms with Crippen LogP contribution >= 0.6 is 0 Å².